The standard InChI is InChI=1S/C23H24F3N5O3/c24-23(25,26)14-3-7-17(8-4-14)34-16-5-1-13(2-6-16)21-30-15(11-19(31-21)20(27)32)12-29-18-9-10-28-22(18)33/h1,3-4,7-8,11,16,18,29H,2,5-6,9-10,12H2,(H2,27,32)(H,28,33)/t16?,18-/m0/s1. The number of primary amides is 1. The van der Waals surface area contributed by atoms with Crippen molar-refractivity contribution in [2.75, 3.05) is 6.54 Å². The fourth-order valence-corrected chi connectivity index (χ4v) is 3.91. The summed E-state index contributed by atoms with van der Waals surface area (Å²) in [5.74, 6) is 0.00463. The second-order valence-electron chi connectivity index (χ2n) is 8.21. The highest BCUT2D eigenvalue weighted by Gasteiger charge is 2.30. The lowest BCUT2D eigenvalue weighted by Gasteiger charge is -2.23. The summed E-state index contributed by atoms with van der Waals surface area (Å²) >= 11 is 0. The van der Waals surface area contributed by atoms with Crippen LogP contribution in [0.15, 0.2) is 36.4 Å². The van der Waals surface area contributed by atoms with E-state index in [1.807, 2.05) is 6.08 Å². The summed E-state index contributed by atoms with van der Waals surface area (Å²) in [7, 11) is 0. The van der Waals surface area contributed by atoms with Gasteiger partial charge in [0.1, 0.15) is 17.5 Å². The van der Waals surface area contributed by atoms with Crippen LogP contribution >= 0.6 is 0 Å². The fraction of sp³-hybridized carbons (Fsp3) is 0.391. The lowest BCUT2D eigenvalue weighted by Crippen LogP contribution is -2.36. The van der Waals surface area contributed by atoms with Crippen molar-refractivity contribution in [2.24, 2.45) is 5.73 Å². The van der Waals surface area contributed by atoms with E-state index in [2.05, 4.69) is 20.6 Å². The Morgan fingerprint density at radius 2 is 1.97 bits per heavy atom. The zero-order valence-electron chi connectivity index (χ0n) is 18.2. The molecule has 0 radical (unpaired) electrons. The third kappa shape index (κ3) is 5.71. The number of nitrogens with zero attached hydrogens (tertiary/aromatic N) is 2. The van der Waals surface area contributed by atoms with Gasteiger partial charge in [-0.1, -0.05) is 6.08 Å². The molecule has 0 bridgehead atoms. The van der Waals surface area contributed by atoms with Gasteiger partial charge in [-0.2, -0.15) is 13.2 Å². The molecule has 34 heavy (non-hydrogen) atoms. The first-order valence-electron chi connectivity index (χ1n) is 10.9. The Bertz CT molecular complexity index is 1100. The Labute approximate surface area is 193 Å². The molecule has 2 heterocycles. The Morgan fingerprint density at radius 3 is 2.56 bits per heavy atom. The highest BCUT2D eigenvalue weighted by Crippen LogP contribution is 2.32. The normalized spacial score (nSPS) is 20.6. The Kier molecular flexibility index (Phi) is 6.82. The second kappa shape index (κ2) is 9.80. The molecular weight excluding hydrogens is 451 g/mol. The number of nitrogens with one attached hydrogen (secondary N) is 2. The first-order chi connectivity index (χ1) is 16.2. The summed E-state index contributed by atoms with van der Waals surface area (Å²) < 4.78 is 44.0. The average Bonchev–Trinajstić information content (AvgIpc) is 3.22. The number of aromatic nitrogens is 2. The van der Waals surface area contributed by atoms with Gasteiger partial charge in [0.15, 0.2) is 5.82 Å². The molecule has 1 aromatic heterocycles. The maximum Gasteiger partial charge on any atom is 0.416 e. The number of hydrogen-bond acceptors (Lipinski definition) is 6. The number of carbonyl (C=O) groups is 2. The number of nitrogens with two attached hydrogens (primary N) is 1. The molecule has 4 rings (SSSR count). The lowest BCUT2D eigenvalue weighted by atomic mass is 9.96. The number of carbonyl (C=O) groups excluding carboxylic acids is 2. The zero-order chi connectivity index (χ0) is 24.3. The van der Waals surface area contributed by atoms with Gasteiger partial charge >= 0.3 is 6.18 Å². The molecule has 1 aliphatic heterocycles. The molecule has 1 unspecified atom stereocenters. The predicted octanol–water partition coefficient (Wildman–Crippen LogP) is 2.59. The van der Waals surface area contributed by atoms with Gasteiger partial charge in [0.2, 0.25) is 5.91 Å². The van der Waals surface area contributed by atoms with Crippen LogP contribution in [0, 0.1) is 0 Å². The molecule has 1 fully saturated rings. The van der Waals surface area contributed by atoms with Gasteiger partial charge in [-0.15, -0.1) is 0 Å². The van der Waals surface area contributed by atoms with Gasteiger partial charge in [0.25, 0.3) is 5.91 Å². The van der Waals surface area contributed by atoms with E-state index in [0.29, 0.717) is 49.5 Å². The van der Waals surface area contributed by atoms with Crippen LogP contribution in [0.1, 0.15) is 53.3 Å². The van der Waals surface area contributed by atoms with E-state index in [4.69, 9.17) is 10.5 Å². The summed E-state index contributed by atoms with van der Waals surface area (Å²) in [5.41, 5.74) is 6.18. The number of benzene rings is 1. The number of amides is 2. The van der Waals surface area contributed by atoms with Crippen molar-refractivity contribution in [3.8, 4) is 5.75 Å². The number of halogens is 3. The van der Waals surface area contributed by atoms with Crippen LogP contribution in [-0.2, 0) is 17.5 Å². The molecule has 2 amide bonds. The molecule has 1 aromatic carbocycles. The lowest BCUT2D eigenvalue weighted by molar-refractivity contribution is -0.137. The van der Waals surface area contributed by atoms with E-state index in [0.717, 1.165) is 17.7 Å². The minimum absolute atomic E-state index is 0.0709. The molecule has 0 spiro atoms. The van der Waals surface area contributed by atoms with E-state index in [1.165, 1.54) is 18.2 Å². The van der Waals surface area contributed by atoms with Crippen LogP contribution in [0.3, 0.4) is 0 Å². The first-order valence-corrected chi connectivity index (χ1v) is 10.9. The van der Waals surface area contributed by atoms with Crippen molar-refractivity contribution in [2.45, 2.75) is 50.6 Å². The highest BCUT2D eigenvalue weighted by atomic mass is 19.4. The first kappa shape index (κ1) is 23.7. The van der Waals surface area contributed by atoms with Gasteiger partial charge in [-0.3, -0.25) is 9.59 Å². The number of ether oxygens (including phenoxy) is 1. The molecular formula is C23H24F3N5O3. The third-order valence-electron chi connectivity index (χ3n) is 5.74. The minimum atomic E-state index is -4.39. The third-order valence-corrected chi connectivity index (χ3v) is 5.74. The van der Waals surface area contributed by atoms with Crippen LogP contribution in [0.4, 0.5) is 13.2 Å². The molecule has 2 aromatic rings. The molecule has 2 aliphatic rings. The molecule has 0 saturated carbocycles. The molecule has 1 aliphatic carbocycles. The van der Waals surface area contributed by atoms with Crippen molar-refractivity contribution in [3.05, 3.63) is 59.2 Å². The van der Waals surface area contributed by atoms with Gasteiger partial charge in [0, 0.05) is 19.5 Å². The zero-order valence-corrected chi connectivity index (χ0v) is 18.2. The topological polar surface area (TPSA) is 119 Å². The Balaban J connectivity index is 1.43. The Morgan fingerprint density at radius 1 is 1.21 bits per heavy atom. The molecule has 4 N–H and O–H groups in total. The van der Waals surface area contributed by atoms with Crippen molar-refractivity contribution in [1.29, 1.82) is 0 Å². The van der Waals surface area contributed by atoms with Crippen LogP contribution in [0.5, 0.6) is 5.75 Å². The number of rotatable bonds is 7. The van der Waals surface area contributed by atoms with Crippen molar-refractivity contribution in [1.82, 2.24) is 20.6 Å². The van der Waals surface area contributed by atoms with E-state index in [9.17, 15) is 22.8 Å². The highest BCUT2D eigenvalue weighted by molar-refractivity contribution is 5.91. The van der Waals surface area contributed by atoms with Gasteiger partial charge in [0.05, 0.1) is 17.3 Å². The summed E-state index contributed by atoms with van der Waals surface area (Å²) in [4.78, 5) is 32.4. The number of hydrogen-bond donors (Lipinski definition) is 3. The average molecular weight is 475 g/mol. The van der Waals surface area contributed by atoms with Gasteiger partial charge in [-0.25, -0.2) is 9.97 Å². The Hall–Kier alpha value is -3.47. The van der Waals surface area contributed by atoms with Crippen LogP contribution in [-0.4, -0.2) is 40.5 Å². The number of allylic oxidation sites excluding steroid dienone is 1. The van der Waals surface area contributed by atoms with Crippen LogP contribution in [0.2, 0.25) is 0 Å². The summed E-state index contributed by atoms with van der Waals surface area (Å²) in [6.45, 7) is 0.890. The van der Waals surface area contributed by atoms with E-state index in [-0.39, 0.29) is 30.3 Å². The maximum absolute atomic E-state index is 12.7. The van der Waals surface area contributed by atoms with Gasteiger partial charge < -0.3 is 21.1 Å². The molecule has 1 saturated heterocycles. The predicted molar refractivity (Wildman–Crippen MR) is 116 cm³/mol. The van der Waals surface area contributed by atoms with Crippen LogP contribution in [0.25, 0.3) is 5.57 Å². The number of alkyl halides is 3. The quantitative estimate of drug-likeness (QED) is 0.567. The summed E-state index contributed by atoms with van der Waals surface area (Å²) in [6, 6.07) is 5.80. The summed E-state index contributed by atoms with van der Waals surface area (Å²) in [6.07, 6.45) is -0.348. The molecule has 180 valence electrons. The monoisotopic (exact) mass is 475 g/mol. The van der Waals surface area contributed by atoms with E-state index in [1.54, 1.807) is 0 Å². The summed E-state index contributed by atoms with van der Waals surface area (Å²) in [5, 5.41) is 5.88. The van der Waals surface area contributed by atoms with E-state index >= 15 is 0 Å². The fourth-order valence-electron chi connectivity index (χ4n) is 3.91. The molecule has 2 atom stereocenters. The largest absolute Gasteiger partial charge is 0.490 e. The van der Waals surface area contributed by atoms with Crippen molar-refractivity contribution < 1.29 is 27.5 Å². The van der Waals surface area contributed by atoms with Crippen molar-refractivity contribution >= 4 is 17.4 Å². The second-order valence-corrected chi connectivity index (χ2v) is 8.21. The molecule has 11 heteroatoms. The SMILES string of the molecule is NC(=O)c1cc(CN[C@H]2CCNC2=O)nc(C2=CCC(Oc3ccc(C(F)(F)F)cc3)CC2)n1. The van der Waals surface area contributed by atoms with Crippen molar-refractivity contribution in [3.63, 3.8) is 0 Å². The van der Waals surface area contributed by atoms with E-state index < -0.39 is 17.6 Å². The van der Waals surface area contributed by atoms with Crippen LogP contribution < -0.4 is 21.1 Å². The maximum atomic E-state index is 12.7. The smallest absolute Gasteiger partial charge is 0.416 e. The van der Waals surface area contributed by atoms with Gasteiger partial charge in [-0.05, 0) is 55.2 Å². The molecule has 8 nitrogen and oxygen atoms in total. The minimum Gasteiger partial charge on any atom is -0.490 e.